The van der Waals surface area contributed by atoms with Gasteiger partial charge in [-0.3, -0.25) is 19.2 Å². The van der Waals surface area contributed by atoms with E-state index in [1.54, 1.807) is 41.8 Å². The van der Waals surface area contributed by atoms with Gasteiger partial charge in [0.1, 0.15) is 37.5 Å². The van der Waals surface area contributed by atoms with Gasteiger partial charge in [-0.1, -0.05) is 60.1 Å². The number of esters is 1. The molecular formula is C52H67N7O12Si. The molecule has 19 nitrogen and oxygen atoms in total. The molecule has 386 valence electrons. The molecule has 20 heteroatoms. The van der Waals surface area contributed by atoms with Gasteiger partial charge in [-0.05, 0) is 116 Å². The summed E-state index contributed by atoms with van der Waals surface area (Å²) in [4.78, 5) is 92.4. The predicted octanol–water partition coefficient (Wildman–Crippen LogP) is 9.29. The van der Waals surface area contributed by atoms with Gasteiger partial charge in [0.2, 0.25) is 19.8 Å². The van der Waals surface area contributed by atoms with Crippen LogP contribution in [0.5, 0.6) is 5.75 Å². The number of aryl methyl sites for hydroxylation is 1. The Balaban J connectivity index is 1.11. The molecule has 4 heterocycles. The van der Waals surface area contributed by atoms with Gasteiger partial charge in [-0.25, -0.2) is 14.6 Å². The molecule has 2 atom stereocenters. The Hall–Kier alpha value is -6.60. The smallest absolute Gasteiger partial charge is 0.510 e. The number of amides is 1. The van der Waals surface area contributed by atoms with Crippen molar-refractivity contribution >= 4 is 54.5 Å². The first-order valence-corrected chi connectivity index (χ1v) is 27.4. The van der Waals surface area contributed by atoms with Crippen LogP contribution in [0.15, 0.2) is 58.6 Å². The minimum absolute atomic E-state index is 0.00275. The highest BCUT2D eigenvalue weighted by molar-refractivity contribution is 6.74. The molecule has 6 rings (SSSR count). The van der Waals surface area contributed by atoms with Crippen LogP contribution in [0.2, 0.25) is 18.1 Å². The fourth-order valence-electron chi connectivity index (χ4n) is 8.63. The predicted molar refractivity (Wildman–Crippen MR) is 272 cm³/mol. The number of ketones is 2. The number of nitrogens with one attached hydrogen (secondary N) is 2. The highest BCUT2D eigenvalue weighted by Crippen LogP contribution is 2.43. The zero-order valence-electron chi connectivity index (χ0n) is 43.4. The standard InChI is InChI=1S/C52H67N7O12Si/c1-9-39-40-26-38(71-72(7,8)51(4,5)6)21-22-44(40)56-46-41(39)28-59-45(46)27-43-42(48(59)63)32-67-49(64)52(43,10-2)70-50(65)68-29-33-17-19-35(20-18-33)55-47(62)34(15-12-13-23-54-11-3)25-37(61)31-66-30-36(60)16-14-24-69-58-57-53/h17-22,26-27,34,54H,9-16,23-25,28-32H2,1-8H3,(H,55,62)/i3T. The Morgan fingerprint density at radius 3 is 2.50 bits per heavy atom. The number of cyclic esters (lactones) is 1. The molecule has 0 spiro atoms. The molecule has 0 saturated heterocycles. The maximum Gasteiger partial charge on any atom is 0.510 e. The number of fused-ring (bicyclic) bond motifs is 5. The first-order valence-electron chi connectivity index (χ1n) is 25.2. The Morgan fingerprint density at radius 2 is 1.79 bits per heavy atom. The van der Waals surface area contributed by atoms with Crippen LogP contribution in [-0.2, 0) is 74.7 Å². The summed E-state index contributed by atoms with van der Waals surface area (Å²) in [5, 5.41) is 9.91. The van der Waals surface area contributed by atoms with Crippen LogP contribution in [-0.4, -0.2) is 80.4 Å². The third-order valence-electron chi connectivity index (χ3n) is 13.6. The summed E-state index contributed by atoms with van der Waals surface area (Å²) in [6, 6.07) is 14.1. The third-order valence-corrected chi connectivity index (χ3v) is 18.0. The first kappa shape index (κ1) is 53.2. The van der Waals surface area contributed by atoms with Crippen LogP contribution in [0.1, 0.15) is 116 Å². The second kappa shape index (κ2) is 24.2. The molecule has 2 aliphatic rings. The molecule has 2 N–H and O–H groups in total. The maximum absolute atomic E-state index is 14.3. The Kier molecular flexibility index (Phi) is 17.9. The van der Waals surface area contributed by atoms with Crippen LogP contribution in [0.3, 0.4) is 0 Å². The van der Waals surface area contributed by atoms with Crippen molar-refractivity contribution in [1.29, 1.82) is 0 Å². The van der Waals surface area contributed by atoms with E-state index in [0.29, 0.717) is 61.4 Å². The number of pyridine rings is 2. The molecular weight excluding hydrogens is 943 g/mol. The Bertz CT molecular complexity index is 2790. The number of hydrogen-bond donors (Lipinski definition) is 2. The van der Waals surface area contributed by atoms with E-state index in [9.17, 15) is 28.8 Å². The van der Waals surface area contributed by atoms with Gasteiger partial charge in [-0.2, -0.15) is 0 Å². The van der Waals surface area contributed by atoms with Crippen molar-refractivity contribution in [3.63, 3.8) is 0 Å². The molecule has 0 radical (unpaired) electrons. The maximum atomic E-state index is 14.3. The summed E-state index contributed by atoms with van der Waals surface area (Å²) in [6.07, 6.45) is 1.55. The summed E-state index contributed by atoms with van der Waals surface area (Å²) < 4.78 is 37.9. The number of ether oxygens (including phenoxy) is 4. The molecule has 0 saturated carbocycles. The number of nitrogens with zero attached hydrogens (tertiary/aromatic N) is 5. The average molecular weight is 1010 g/mol. The number of unbranched alkanes of at least 4 members (excludes halogenated alkanes) is 1. The van der Waals surface area contributed by atoms with E-state index in [1.165, 1.54) is 0 Å². The number of anilines is 1. The number of hydrogen-bond acceptors (Lipinski definition) is 15. The zero-order chi connectivity index (χ0) is 52.9. The number of Topliss-reactive ketones (excluding diaryl/α,β-unsaturated/α-hetero) is 2. The molecule has 1 amide bonds. The normalized spacial score (nSPS) is 15.5. The van der Waals surface area contributed by atoms with Gasteiger partial charge in [0.25, 0.3) is 5.56 Å². The molecule has 0 fully saturated rings. The van der Waals surface area contributed by atoms with Crippen LogP contribution in [0.4, 0.5) is 10.5 Å². The SMILES string of the molecule is [3H]CCNCCCCC(CC(=O)COCC(=O)CCCON=[N+]=[N-])C(=O)Nc1ccc(COC(=O)OC2(CC)C(=O)OCc3c2cc2n(c3=O)Cc3c-2nc2ccc(O[Si](C)(C)C(C)(C)C)cc2c3CC)cc1. The minimum atomic E-state index is -2.13. The minimum Gasteiger partial charge on any atom is -0.543 e. The van der Waals surface area contributed by atoms with Crippen LogP contribution >= 0.6 is 0 Å². The van der Waals surface area contributed by atoms with Crippen molar-refractivity contribution in [2.24, 2.45) is 11.2 Å². The fraction of sp³-hybridized carbons (Fsp3) is 0.519. The molecule has 0 bridgehead atoms. The van der Waals surface area contributed by atoms with Gasteiger partial charge in [0, 0.05) is 47.2 Å². The number of aromatic nitrogens is 2. The van der Waals surface area contributed by atoms with Crippen molar-refractivity contribution in [1.82, 2.24) is 14.9 Å². The number of benzene rings is 2. The van der Waals surface area contributed by atoms with Gasteiger partial charge >= 0.3 is 12.1 Å². The monoisotopic (exact) mass is 1010 g/mol. The molecule has 2 unspecified atom stereocenters. The quantitative estimate of drug-likeness (QED) is 0.00997. The largest absolute Gasteiger partial charge is 0.543 e. The zero-order valence-corrected chi connectivity index (χ0v) is 43.4. The van der Waals surface area contributed by atoms with E-state index in [-0.39, 0.29) is 105 Å². The van der Waals surface area contributed by atoms with Crippen molar-refractivity contribution < 1.29 is 53.6 Å². The average Bonchev–Trinajstić information content (AvgIpc) is 3.72. The highest BCUT2D eigenvalue weighted by atomic mass is 28.4. The molecule has 72 heavy (non-hydrogen) atoms. The number of azide groups is 1. The van der Waals surface area contributed by atoms with E-state index < -0.39 is 32.0 Å². The van der Waals surface area contributed by atoms with Crippen LogP contribution in [0, 0.1) is 5.92 Å². The number of carbonyl (C=O) groups excluding carboxylic acids is 5. The van der Waals surface area contributed by atoms with Crippen molar-refractivity contribution in [2.45, 2.75) is 136 Å². The van der Waals surface area contributed by atoms with Crippen molar-refractivity contribution in [3.8, 4) is 17.1 Å². The summed E-state index contributed by atoms with van der Waals surface area (Å²) in [7, 11) is -2.13. The topological polar surface area (TPSA) is 248 Å². The first-order chi connectivity index (χ1) is 34.9. The fourth-order valence-corrected chi connectivity index (χ4v) is 9.65. The lowest BCUT2D eigenvalue weighted by molar-refractivity contribution is -0.175. The van der Waals surface area contributed by atoms with E-state index in [4.69, 9.17) is 35.3 Å². The van der Waals surface area contributed by atoms with Crippen molar-refractivity contribution in [2.75, 3.05) is 38.2 Å². The summed E-state index contributed by atoms with van der Waals surface area (Å²) in [5.74, 6) is -1.73. The number of carbonyl (C=O) groups is 5. The molecule has 2 aromatic carbocycles. The van der Waals surface area contributed by atoms with Gasteiger partial charge in [0.05, 0.1) is 35.6 Å². The lowest BCUT2D eigenvalue weighted by Gasteiger charge is -2.36. The molecule has 2 aliphatic heterocycles. The summed E-state index contributed by atoms with van der Waals surface area (Å²) in [6.45, 7) is 15.3. The highest BCUT2D eigenvalue weighted by Gasteiger charge is 2.51. The van der Waals surface area contributed by atoms with Crippen LogP contribution < -0.4 is 20.6 Å². The molecule has 4 aromatic rings. The summed E-state index contributed by atoms with van der Waals surface area (Å²) in [5.41, 5.74) is 11.1. The lowest BCUT2D eigenvalue weighted by Crippen LogP contribution is -2.47. The van der Waals surface area contributed by atoms with E-state index in [0.717, 1.165) is 34.2 Å². The Morgan fingerprint density at radius 1 is 1.03 bits per heavy atom. The van der Waals surface area contributed by atoms with Gasteiger partial charge < -0.3 is 43.4 Å². The van der Waals surface area contributed by atoms with E-state index in [1.807, 2.05) is 18.2 Å². The van der Waals surface area contributed by atoms with Gasteiger partial charge in [-0.15, -0.1) is 0 Å². The summed E-state index contributed by atoms with van der Waals surface area (Å²) >= 11 is 0. The third kappa shape index (κ3) is 12.9. The van der Waals surface area contributed by atoms with Gasteiger partial charge in [0.15, 0.2) is 11.6 Å². The molecule has 0 aliphatic carbocycles. The van der Waals surface area contributed by atoms with E-state index in [2.05, 4.69) is 66.4 Å². The lowest BCUT2D eigenvalue weighted by atomic mass is 9.85. The second-order valence-corrected chi connectivity index (χ2v) is 24.3. The Labute approximate surface area is 421 Å². The molecule has 2 aromatic heterocycles. The van der Waals surface area contributed by atoms with Crippen molar-refractivity contribution in [3.05, 3.63) is 97.1 Å². The van der Waals surface area contributed by atoms with Crippen LogP contribution in [0.25, 0.3) is 32.7 Å². The van der Waals surface area contributed by atoms with E-state index >= 15 is 0 Å². The number of rotatable bonds is 26. The second-order valence-electron chi connectivity index (χ2n) is 19.5.